The summed E-state index contributed by atoms with van der Waals surface area (Å²) in [5.74, 6) is 0.886. The molecule has 2 N–H and O–H groups in total. The van der Waals surface area contributed by atoms with Crippen molar-refractivity contribution in [2.75, 3.05) is 11.5 Å². The molecule has 0 spiro atoms. The number of hydrogen-bond donors (Lipinski definition) is 2. The van der Waals surface area contributed by atoms with Gasteiger partial charge in [-0.3, -0.25) is 9.59 Å². The fraction of sp³-hybridized carbons (Fsp3) is 0.750. The molecule has 2 amide bonds. The zero-order valence-electron chi connectivity index (χ0n) is 11.0. The molecule has 0 aromatic carbocycles. The number of thiocarbonyl (C=S) groups is 1. The molecule has 1 atom stereocenters. The van der Waals surface area contributed by atoms with E-state index in [1.807, 2.05) is 13.8 Å². The van der Waals surface area contributed by atoms with Crippen LogP contribution >= 0.6 is 24.0 Å². The minimum Gasteiger partial charge on any atom is -0.302 e. The van der Waals surface area contributed by atoms with Gasteiger partial charge in [0.05, 0.1) is 0 Å². The second kappa shape index (κ2) is 6.52. The maximum Gasteiger partial charge on any atom is 0.242 e. The average Bonchev–Trinajstić information content (AvgIpc) is 2.28. The van der Waals surface area contributed by atoms with Gasteiger partial charge in [-0.1, -0.05) is 27.2 Å². The second-order valence-corrected chi connectivity index (χ2v) is 6.22. The van der Waals surface area contributed by atoms with Gasteiger partial charge in [0.25, 0.3) is 0 Å². The van der Waals surface area contributed by atoms with Gasteiger partial charge in [-0.2, -0.15) is 11.8 Å². The predicted molar refractivity (Wildman–Crippen MR) is 78.4 cm³/mol. The molecule has 1 aliphatic heterocycles. The highest BCUT2D eigenvalue weighted by molar-refractivity contribution is 7.99. The first-order valence-corrected chi connectivity index (χ1v) is 7.79. The Hall–Kier alpha value is -0.620. The van der Waals surface area contributed by atoms with Crippen molar-refractivity contribution < 1.29 is 9.59 Å². The number of thioether (sulfide) groups is 1. The van der Waals surface area contributed by atoms with Gasteiger partial charge in [-0.25, -0.2) is 0 Å². The van der Waals surface area contributed by atoms with Crippen LogP contribution in [0.1, 0.15) is 33.6 Å². The summed E-state index contributed by atoms with van der Waals surface area (Å²) in [6, 6.07) is 0. The van der Waals surface area contributed by atoms with Crippen LogP contribution in [0.4, 0.5) is 0 Å². The number of rotatable bonds is 6. The lowest BCUT2D eigenvalue weighted by atomic mass is 9.73. The molecule has 6 heteroatoms. The SMILES string of the molecule is CCCC(C)C1(CSCC)C(=O)NC(=S)NC1=O. The summed E-state index contributed by atoms with van der Waals surface area (Å²) in [7, 11) is 0. The molecule has 102 valence electrons. The number of carbonyl (C=O) groups is 2. The lowest BCUT2D eigenvalue weighted by Gasteiger charge is -2.39. The summed E-state index contributed by atoms with van der Waals surface area (Å²) in [5.41, 5.74) is -0.987. The van der Waals surface area contributed by atoms with Gasteiger partial charge in [0, 0.05) is 5.75 Å². The van der Waals surface area contributed by atoms with E-state index in [-0.39, 0.29) is 22.8 Å². The minimum absolute atomic E-state index is 0.00431. The molecular weight excluding hydrogens is 268 g/mol. The first-order chi connectivity index (χ1) is 8.48. The summed E-state index contributed by atoms with van der Waals surface area (Å²) in [6.07, 6.45) is 1.79. The van der Waals surface area contributed by atoms with Crippen molar-refractivity contribution in [3.63, 3.8) is 0 Å². The van der Waals surface area contributed by atoms with Crippen molar-refractivity contribution in [1.29, 1.82) is 0 Å². The lowest BCUT2D eigenvalue weighted by molar-refractivity contribution is -0.145. The Bertz CT molecular complexity index is 338. The Morgan fingerprint density at radius 3 is 2.28 bits per heavy atom. The molecule has 4 nitrogen and oxygen atoms in total. The highest BCUT2D eigenvalue weighted by atomic mass is 32.2. The zero-order chi connectivity index (χ0) is 13.8. The Balaban J connectivity index is 3.04. The monoisotopic (exact) mass is 288 g/mol. The molecule has 1 heterocycles. The van der Waals surface area contributed by atoms with Gasteiger partial charge in [0.2, 0.25) is 11.8 Å². The Labute approximate surface area is 118 Å². The first kappa shape index (κ1) is 15.4. The van der Waals surface area contributed by atoms with E-state index in [4.69, 9.17) is 12.2 Å². The fourth-order valence-electron chi connectivity index (χ4n) is 2.23. The van der Waals surface area contributed by atoms with E-state index >= 15 is 0 Å². The minimum atomic E-state index is -0.987. The summed E-state index contributed by atoms with van der Waals surface area (Å²) in [4.78, 5) is 24.6. The number of carbonyl (C=O) groups excluding carboxylic acids is 2. The standard InChI is InChI=1S/C12H20N2O2S2/c1-4-6-8(3)12(7-18-5-2)9(15)13-11(17)14-10(12)16/h8H,4-7H2,1-3H3,(H2,13,14,15,16,17). The normalized spacial score (nSPS) is 20.3. The van der Waals surface area contributed by atoms with E-state index in [0.717, 1.165) is 18.6 Å². The molecule has 0 bridgehead atoms. The van der Waals surface area contributed by atoms with Gasteiger partial charge in [0.15, 0.2) is 5.11 Å². The molecule has 1 fully saturated rings. The van der Waals surface area contributed by atoms with Gasteiger partial charge in [-0.05, 0) is 30.3 Å². The third-order valence-electron chi connectivity index (χ3n) is 3.36. The molecule has 1 unspecified atom stereocenters. The van der Waals surface area contributed by atoms with Gasteiger partial charge >= 0.3 is 0 Å². The van der Waals surface area contributed by atoms with E-state index in [1.165, 1.54) is 0 Å². The molecule has 0 aromatic rings. The van der Waals surface area contributed by atoms with E-state index in [0.29, 0.717) is 5.75 Å². The first-order valence-electron chi connectivity index (χ1n) is 6.23. The maximum atomic E-state index is 12.3. The van der Waals surface area contributed by atoms with Gasteiger partial charge in [0.1, 0.15) is 5.41 Å². The molecule has 1 aliphatic rings. The van der Waals surface area contributed by atoms with Crippen LogP contribution in [-0.2, 0) is 9.59 Å². The van der Waals surface area contributed by atoms with Crippen LogP contribution in [-0.4, -0.2) is 28.4 Å². The Morgan fingerprint density at radius 1 is 1.28 bits per heavy atom. The predicted octanol–water partition coefficient (Wildman–Crippen LogP) is 1.69. The van der Waals surface area contributed by atoms with Gasteiger partial charge < -0.3 is 10.6 Å². The van der Waals surface area contributed by atoms with E-state index in [1.54, 1.807) is 11.8 Å². The summed E-state index contributed by atoms with van der Waals surface area (Å²) in [5, 5.41) is 5.31. The maximum absolute atomic E-state index is 12.3. The number of amides is 2. The van der Waals surface area contributed by atoms with Crippen LogP contribution in [0.3, 0.4) is 0 Å². The van der Waals surface area contributed by atoms with Crippen LogP contribution in [0, 0.1) is 11.3 Å². The molecule has 0 radical (unpaired) electrons. The van der Waals surface area contributed by atoms with Crippen LogP contribution in [0.5, 0.6) is 0 Å². The topological polar surface area (TPSA) is 58.2 Å². The molecule has 1 saturated heterocycles. The largest absolute Gasteiger partial charge is 0.302 e. The van der Waals surface area contributed by atoms with Crippen molar-refractivity contribution in [1.82, 2.24) is 10.6 Å². The van der Waals surface area contributed by atoms with Crippen molar-refractivity contribution in [2.45, 2.75) is 33.6 Å². The van der Waals surface area contributed by atoms with Crippen LogP contribution in [0.15, 0.2) is 0 Å². The van der Waals surface area contributed by atoms with Crippen molar-refractivity contribution >= 4 is 40.9 Å². The molecule has 0 saturated carbocycles. The van der Waals surface area contributed by atoms with Crippen molar-refractivity contribution in [3.05, 3.63) is 0 Å². The van der Waals surface area contributed by atoms with Crippen molar-refractivity contribution in [2.24, 2.45) is 11.3 Å². The third-order valence-corrected chi connectivity index (χ3v) is 4.63. The van der Waals surface area contributed by atoms with E-state index in [9.17, 15) is 9.59 Å². The fourth-order valence-corrected chi connectivity index (χ4v) is 3.49. The molecule has 1 rings (SSSR count). The highest BCUT2D eigenvalue weighted by Crippen LogP contribution is 2.36. The van der Waals surface area contributed by atoms with E-state index in [2.05, 4.69) is 17.6 Å². The van der Waals surface area contributed by atoms with Crippen LogP contribution in [0.25, 0.3) is 0 Å². The molecule has 0 aliphatic carbocycles. The lowest BCUT2D eigenvalue weighted by Crippen LogP contribution is -2.65. The van der Waals surface area contributed by atoms with E-state index < -0.39 is 5.41 Å². The molecular formula is C12H20N2O2S2. The zero-order valence-corrected chi connectivity index (χ0v) is 12.7. The van der Waals surface area contributed by atoms with Crippen LogP contribution < -0.4 is 10.6 Å². The second-order valence-electron chi connectivity index (χ2n) is 4.54. The Morgan fingerprint density at radius 2 is 1.83 bits per heavy atom. The quantitative estimate of drug-likeness (QED) is 0.577. The van der Waals surface area contributed by atoms with Crippen molar-refractivity contribution in [3.8, 4) is 0 Å². The van der Waals surface area contributed by atoms with Gasteiger partial charge in [-0.15, -0.1) is 0 Å². The number of nitrogens with one attached hydrogen (secondary N) is 2. The third kappa shape index (κ3) is 2.85. The smallest absolute Gasteiger partial charge is 0.242 e. The summed E-state index contributed by atoms with van der Waals surface area (Å²) >= 11 is 6.47. The molecule has 18 heavy (non-hydrogen) atoms. The van der Waals surface area contributed by atoms with Crippen LogP contribution in [0.2, 0.25) is 0 Å². The Kier molecular flexibility index (Phi) is 5.59. The summed E-state index contributed by atoms with van der Waals surface area (Å²) < 4.78 is 0. The molecule has 0 aromatic heterocycles. The highest BCUT2D eigenvalue weighted by Gasteiger charge is 2.52. The summed E-state index contributed by atoms with van der Waals surface area (Å²) in [6.45, 7) is 6.04. The number of hydrogen-bond acceptors (Lipinski definition) is 4. The average molecular weight is 288 g/mol.